The molecule has 2 nitrogen and oxygen atoms in total. The summed E-state index contributed by atoms with van der Waals surface area (Å²) in [4.78, 5) is 4.50. The summed E-state index contributed by atoms with van der Waals surface area (Å²) >= 11 is 0. The van der Waals surface area contributed by atoms with Crippen molar-refractivity contribution >= 4 is 5.90 Å². The van der Waals surface area contributed by atoms with E-state index >= 15 is 0 Å². The lowest BCUT2D eigenvalue weighted by Gasteiger charge is -2.00. The van der Waals surface area contributed by atoms with E-state index in [4.69, 9.17) is 4.74 Å². The van der Waals surface area contributed by atoms with Crippen molar-refractivity contribution in [3.05, 3.63) is 35.4 Å². The molecule has 2 rings (SSSR count). The van der Waals surface area contributed by atoms with Crippen molar-refractivity contribution in [1.29, 1.82) is 0 Å². The van der Waals surface area contributed by atoms with E-state index < -0.39 is 0 Å². The first-order chi connectivity index (χ1) is 6.79. The van der Waals surface area contributed by atoms with Gasteiger partial charge in [0.05, 0.1) is 6.04 Å². The van der Waals surface area contributed by atoms with E-state index in [0.717, 1.165) is 24.5 Å². The van der Waals surface area contributed by atoms with Crippen molar-refractivity contribution in [3.63, 3.8) is 0 Å². The van der Waals surface area contributed by atoms with Crippen molar-refractivity contribution in [1.82, 2.24) is 0 Å². The molecule has 1 aromatic rings. The smallest absolute Gasteiger partial charge is 0.216 e. The first kappa shape index (κ1) is 9.25. The number of ether oxygens (including phenoxy) is 1. The minimum absolute atomic E-state index is 0.353. The molecule has 0 unspecified atom stereocenters. The molecule has 1 atom stereocenters. The molecule has 0 amide bonds. The number of aryl methyl sites for hydroxylation is 1. The predicted molar refractivity (Wildman–Crippen MR) is 57.7 cm³/mol. The summed E-state index contributed by atoms with van der Waals surface area (Å²) in [5, 5.41) is 0. The molecule has 0 aromatic heterocycles. The molecule has 74 valence electrons. The van der Waals surface area contributed by atoms with E-state index in [9.17, 15) is 0 Å². The van der Waals surface area contributed by atoms with Crippen LogP contribution in [0.2, 0.25) is 0 Å². The summed E-state index contributed by atoms with van der Waals surface area (Å²) in [5.74, 6) is 0.803. The fourth-order valence-electron chi connectivity index (χ4n) is 1.48. The van der Waals surface area contributed by atoms with Gasteiger partial charge in [-0.2, -0.15) is 0 Å². The van der Waals surface area contributed by atoms with Crippen LogP contribution in [-0.4, -0.2) is 18.5 Å². The second-order valence-corrected chi connectivity index (χ2v) is 3.67. The molecule has 2 heteroatoms. The minimum Gasteiger partial charge on any atom is -0.475 e. The fraction of sp³-hybridized carbons (Fsp3) is 0.417. The fourth-order valence-corrected chi connectivity index (χ4v) is 1.48. The third-order valence-corrected chi connectivity index (χ3v) is 2.48. The molecule has 0 saturated carbocycles. The summed E-state index contributed by atoms with van der Waals surface area (Å²) in [6.07, 6.45) is 1.05. The maximum Gasteiger partial charge on any atom is 0.216 e. The topological polar surface area (TPSA) is 21.6 Å². The van der Waals surface area contributed by atoms with Gasteiger partial charge in [-0.1, -0.05) is 24.6 Å². The Morgan fingerprint density at radius 3 is 2.64 bits per heavy atom. The zero-order chi connectivity index (χ0) is 9.97. The number of hydrogen-bond acceptors (Lipinski definition) is 2. The molecule has 0 N–H and O–H groups in total. The Labute approximate surface area is 84.6 Å². The Morgan fingerprint density at radius 1 is 1.36 bits per heavy atom. The molecule has 0 aliphatic carbocycles. The Hall–Kier alpha value is -1.31. The van der Waals surface area contributed by atoms with Crippen molar-refractivity contribution in [2.75, 3.05) is 6.61 Å². The zero-order valence-corrected chi connectivity index (χ0v) is 8.66. The monoisotopic (exact) mass is 189 g/mol. The Kier molecular flexibility index (Phi) is 2.53. The molecule has 0 radical (unpaired) electrons. The highest BCUT2D eigenvalue weighted by atomic mass is 16.5. The molecule has 0 bridgehead atoms. The molecule has 1 heterocycles. The number of aliphatic imine (C=N–C) groups is 1. The van der Waals surface area contributed by atoms with Crippen LogP contribution in [0.1, 0.15) is 24.5 Å². The van der Waals surface area contributed by atoms with Gasteiger partial charge in [0.15, 0.2) is 0 Å². The highest BCUT2D eigenvalue weighted by molar-refractivity contribution is 5.95. The van der Waals surface area contributed by atoms with Crippen LogP contribution in [0, 0.1) is 6.92 Å². The predicted octanol–water partition coefficient (Wildman–Crippen LogP) is 2.55. The SMILES string of the molecule is CC[C@@H]1COC(c2ccc(C)cc2)=N1. The van der Waals surface area contributed by atoms with Crippen molar-refractivity contribution < 1.29 is 4.74 Å². The Balaban J connectivity index is 2.20. The summed E-state index contributed by atoms with van der Waals surface area (Å²) < 4.78 is 5.53. The van der Waals surface area contributed by atoms with Crippen molar-refractivity contribution in [3.8, 4) is 0 Å². The van der Waals surface area contributed by atoms with E-state index in [1.165, 1.54) is 5.56 Å². The third kappa shape index (κ3) is 1.79. The van der Waals surface area contributed by atoms with E-state index in [0.29, 0.717) is 6.04 Å². The molecule has 1 aromatic carbocycles. The summed E-state index contributed by atoms with van der Waals surface area (Å²) in [6.45, 7) is 4.95. The number of rotatable bonds is 2. The first-order valence-electron chi connectivity index (χ1n) is 5.07. The number of hydrogen-bond donors (Lipinski definition) is 0. The zero-order valence-electron chi connectivity index (χ0n) is 8.66. The van der Waals surface area contributed by atoms with Crippen molar-refractivity contribution in [2.45, 2.75) is 26.3 Å². The van der Waals surface area contributed by atoms with Crippen LogP contribution in [-0.2, 0) is 4.74 Å². The maximum atomic E-state index is 5.53. The second kappa shape index (κ2) is 3.82. The molecule has 0 saturated heterocycles. The lowest BCUT2D eigenvalue weighted by Crippen LogP contribution is -2.03. The van der Waals surface area contributed by atoms with Gasteiger partial charge in [-0.25, -0.2) is 4.99 Å². The van der Waals surface area contributed by atoms with Crippen LogP contribution in [0.15, 0.2) is 29.3 Å². The van der Waals surface area contributed by atoms with Gasteiger partial charge in [0, 0.05) is 5.56 Å². The van der Waals surface area contributed by atoms with Gasteiger partial charge in [0.25, 0.3) is 0 Å². The third-order valence-electron chi connectivity index (χ3n) is 2.48. The van der Waals surface area contributed by atoms with E-state index in [-0.39, 0.29) is 0 Å². The van der Waals surface area contributed by atoms with E-state index in [1.807, 2.05) is 0 Å². The quantitative estimate of drug-likeness (QED) is 0.700. The molecule has 14 heavy (non-hydrogen) atoms. The van der Waals surface area contributed by atoms with Gasteiger partial charge in [-0.05, 0) is 25.5 Å². The van der Waals surface area contributed by atoms with Crippen LogP contribution in [0.4, 0.5) is 0 Å². The number of nitrogens with zero attached hydrogens (tertiary/aromatic N) is 1. The van der Waals surface area contributed by atoms with Gasteiger partial charge < -0.3 is 4.74 Å². The van der Waals surface area contributed by atoms with Crippen LogP contribution in [0.3, 0.4) is 0 Å². The lowest BCUT2D eigenvalue weighted by molar-refractivity contribution is 0.315. The van der Waals surface area contributed by atoms with Crippen LogP contribution in [0.25, 0.3) is 0 Å². The summed E-state index contributed by atoms with van der Waals surface area (Å²) in [5.41, 5.74) is 2.35. The maximum absolute atomic E-state index is 5.53. The van der Waals surface area contributed by atoms with Gasteiger partial charge in [0.2, 0.25) is 5.90 Å². The van der Waals surface area contributed by atoms with Crippen LogP contribution < -0.4 is 0 Å². The normalized spacial score (nSPS) is 20.4. The number of benzene rings is 1. The lowest BCUT2D eigenvalue weighted by atomic mass is 10.1. The van der Waals surface area contributed by atoms with Gasteiger partial charge in [-0.3, -0.25) is 0 Å². The summed E-state index contributed by atoms with van der Waals surface area (Å²) in [6, 6.07) is 8.64. The van der Waals surface area contributed by atoms with Gasteiger partial charge in [-0.15, -0.1) is 0 Å². The molecule has 0 spiro atoms. The standard InChI is InChI=1S/C12H15NO/c1-3-11-8-14-12(13-11)10-6-4-9(2)5-7-10/h4-7,11H,3,8H2,1-2H3/t11-/m1/s1. The molecule has 0 fully saturated rings. The van der Waals surface area contributed by atoms with Gasteiger partial charge >= 0.3 is 0 Å². The highest BCUT2D eigenvalue weighted by Gasteiger charge is 2.17. The molecular weight excluding hydrogens is 174 g/mol. The molecular formula is C12H15NO. The second-order valence-electron chi connectivity index (χ2n) is 3.67. The minimum atomic E-state index is 0.353. The average Bonchev–Trinajstić information content (AvgIpc) is 2.67. The largest absolute Gasteiger partial charge is 0.475 e. The Bertz CT molecular complexity index is 340. The molecule has 1 aliphatic heterocycles. The van der Waals surface area contributed by atoms with Crippen molar-refractivity contribution in [2.24, 2.45) is 4.99 Å². The first-order valence-corrected chi connectivity index (χ1v) is 5.07. The summed E-state index contributed by atoms with van der Waals surface area (Å²) in [7, 11) is 0. The average molecular weight is 189 g/mol. The Morgan fingerprint density at radius 2 is 2.07 bits per heavy atom. The van der Waals surface area contributed by atoms with Crippen LogP contribution >= 0.6 is 0 Å². The van der Waals surface area contributed by atoms with Crippen LogP contribution in [0.5, 0.6) is 0 Å². The van der Waals surface area contributed by atoms with E-state index in [1.54, 1.807) is 0 Å². The van der Waals surface area contributed by atoms with E-state index in [2.05, 4.69) is 43.1 Å². The highest BCUT2D eigenvalue weighted by Crippen LogP contribution is 2.14. The van der Waals surface area contributed by atoms with Gasteiger partial charge in [0.1, 0.15) is 6.61 Å². The molecule has 1 aliphatic rings.